The van der Waals surface area contributed by atoms with Crippen LogP contribution < -0.4 is 0 Å². The highest BCUT2D eigenvalue weighted by Crippen LogP contribution is 2.25. The van der Waals surface area contributed by atoms with E-state index in [1.54, 1.807) is 32.3 Å². The van der Waals surface area contributed by atoms with E-state index in [2.05, 4.69) is 4.99 Å². The number of esters is 1. The van der Waals surface area contributed by atoms with Crippen LogP contribution in [-0.2, 0) is 11.3 Å². The summed E-state index contributed by atoms with van der Waals surface area (Å²) in [6, 6.07) is 3.44. The first-order valence-electron chi connectivity index (χ1n) is 8.50. The van der Waals surface area contributed by atoms with Crippen LogP contribution in [-0.4, -0.2) is 30.8 Å². The van der Waals surface area contributed by atoms with Gasteiger partial charge in [0.2, 0.25) is 0 Å². The van der Waals surface area contributed by atoms with E-state index in [9.17, 15) is 22.4 Å². The highest BCUT2D eigenvalue weighted by Gasteiger charge is 2.21. The van der Waals surface area contributed by atoms with Crippen LogP contribution in [0.2, 0.25) is 0 Å². The molecule has 0 bridgehead atoms. The topological polar surface area (TPSA) is 41.9 Å². The zero-order valence-corrected chi connectivity index (χ0v) is 15.9. The van der Waals surface area contributed by atoms with E-state index in [4.69, 9.17) is 4.74 Å². The van der Waals surface area contributed by atoms with E-state index in [0.717, 1.165) is 6.54 Å². The summed E-state index contributed by atoms with van der Waals surface area (Å²) in [4.78, 5) is 18.5. The average molecular weight is 396 g/mol. The minimum Gasteiger partial charge on any atom is -0.457 e. The summed E-state index contributed by atoms with van der Waals surface area (Å²) in [5, 5.41) is 0. The van der Waals surface area contributed by atoms with Gasteiger partial charge in [-0.25, -0.2) is 27.3 Å². The van der Waals surface area contributed by atoms with Gasteiger partial charge in [-0.3, -0.25) is 0 Å². The molecule has 2 aromatic rings. The standard InChI is InChI=1S/C20H20F4N2O2/c1-5-26(4)10-25-17-7-11(2)13(6-12(17)3)20(27)28-9-14-15(21)8-16(22)19(24)18(14)23/h6-8,10H,5,9H2,1-4H3/b25-10+. The fourth-order valence-corrected chi connectivity index (χ4v) is 2.35. The first-order valence-corrected chi connectivity index (χ1v) is 8.50. The molecule has 0 aromatic heterocycles. The lowest BCUT2D eigenvalue weighted by molar-refractivity contribution is 0.0462. The summed E-state index contributed by atoms with van der Waals surface area (Å²) >= 11 is 0. The monoisotopic (exact) mass is 396 g/mol. The maximum absolute atomic E-state index is 13.7. The Morgan fingerprint density at radius 2 is 1.75 bits per heavy atom. The number of carbonyl (C=O) groups excluding carboxylic acids is 1. The quantitative estimate of drug-likeness (QED) is 0.175. The van der Waals surface area contributed by atoms with E-state index < -0.39 is 41.4 Å². The lowest BCUT2D eigenvalue weighted by atomic mass is 10.0. The van der Waals surface area contributed by atoms with E-state index in [1.165, 1.54) is 0 Å². The number of benzene rings is 2. The molecular formula is C20H20F4N2O2. The number of nitrogens with zero attached hydrogens (tertiary/aromatic N) is 2. The molecule has 0 saturated heterocycles. The second-order valence-corrected chi connectivity index (χ2v) is 6.29. The van der Waals surface area contributed by atoms with Gasteiger partial charge in [-0.15, -0.1) is 0 Å². The maximum Gasteiger partial charge on any atom is 0.338 e. The molecular weight excluding hydrogens is 376 g/mol. The van der Waals surface area contributed by atoms with Gasteiger partial charge in [0.1, 0.15) is 12.4 Å². The summed E-state index contributed by atoms with van der Waals surface area (Å²) in [6.45, 7) is 5.30. The summed E-state index contributed by atoms with van der Waals surface area (Å²) in [6.07, 6.45) is 1.66. The third-order valence-electron chi connectivity index (χ3n) is 4.21. The van der Waals surface area contributed by atoms with Crippen molar-refractivity contribution < 1.29 is 27.1 Å². The number of carbonyl (C=O) groups is 1. The Balaban J connectivity index is 2.21. The van der Waals surface area contributed by atoms with Crippen molar-refractivity contribution in [3.63, 3.8) is 0 Å². The van der Waals surface area contributed by atoms with Gasteiger partial charge >= 0.3 is 5.97 Å². The van der Waals surface area contributed by atoms with Gasteiger partial charge < -0.3 is 9.64 Å². The predicted molar refractivity (Wildman–Crippen MR) is 97.8 cm³/mol. The number of hydrogen-bond acceptors (Lipinski definition) is 3. The molecule has 0 radical (unpaired) electrons. The fraction of sp³-hybridized carbons (Fsp3) is 0.300. The third kappa shape index (κ3) is 4.68. The molecule has 4 nitrogen and oxygen atoms in total. The van der Waals surface area contributed by atoms with Crippen LogP contribution in [0.3, 0.4) is 0 Å². The number of ether oxygens (including phenoxy) is 1. The molecule has 0 atom stereocenters. The fourth-order valence-electron chi connectivity index (χ4n) is 2.35. The SMILES string of the molecule is CCN(C)/C=N/c1cc(C)c(C(=O)OCc2c(F)cc(F)c(F)c2F)cc1C. The molecule has 0 amide bonds. The average Bonchev–Trinajstić information content (AvgIpc) is 2.65. The van der Waals surface area contributed by atoms with E-state index >= 15 is 0 Å². The number of hydrogen-bond donors (Lipinski definition) is 0. The van der Waals surface area contributed by atoms with Crippen LogP contribution in [0, 0.1) is 37.1 Å². The van der Waals surface area contributed by atoms with Gasteiger partial charge in [0, 0.05) is 19.7 Å². The zero-order valence-electron chi connectivity index (χ0n) is 15.9. The number of rotatable bonds is 6. The van der Waals surface area contributed by atoms with Gasteiger partial charge in [-0.05, 0) is 44.0 Å². The second-order valence-electron chi connectivity index (χ2n) is 6.29. The maximum atomic E-state index is 13.7. The first-order chi connectivity index (χ1) is 13.1. The van der Waals surface area contributed by atoms with Crippen LogP contribution in [0.5, 0.6) is 0 Å². The second kappa shape index (κ2) is 8.86. The first kappa shape index (κ1) is 21.4. The molecule has 0 saturated carbocycles. The smallest absolute Gasteiger partial charge is 0.338 e. The molecule has 0 N–H and O–H groups in total. The molecule has 150 valence electrons. The Morgan fingerprint density at radius 3 is 2.39 bits per heavy atom. The molecule has 0 fully saturated rings. The predicted octanol–water partition coefficient (Wildman–Crippen LogP) is 4.83. The molecule has 0 aliphatic rings. The van der Waals surface area contributed by atoms with Crippen molar-refractivity contribution in [2.24, 2.45) is 4.99 Å². The van der Waals surface area contributed by atoms with Crippen molar-refractivity contribution in [2.75, 3.05) is 13.6 Å². The van der Waals surface area contributed by atoms with E-state index in [0.29, 0.717) is 16.8 Å². The van der Waals surface area contributed by atoms with Crippen molar-refractivity contribution in [3.05, 3.63) is 63.7 Å². The van der Waals surface area contributed by atoms with E-state index in [1.807, 2.05) is 18.9 Å². The molecule has 2 aromatic carbocycles. The molecule has 28 heavy (non-hydrogen) atoms. The van der Waals surface area contributed by atoms with Crippen LogP contribution >= 0.6 is 0 Å². The van der Waals surface area contributed by atoms with Gasteiger partial charge in [0.25, 0.3) is 0 Å². The highest BCUT2D eigenvalue weighted by molar-refractivity contribution is 5.92. The largest absolute Gasteiger partial charge is 0.457 e. The van der Waals surface area contributed by atoms with Crippen molar-refractivity contribution in [3.8, 4) is 0 Å². The van der Waals surface area contributed by atoms with Crippen LogP contribution in [0.15, 0.2) is 23.2 Å². The molecule has 8 heteroatoms. The number of halogens is 4. The minimum atomic E-state index is -1.82. The van der Waals surface area contributed by atoms with Crippen LogP contribution in [0.25, 0.3) is 0 Å². The van der Waals surface area contributed by atoms with Crippen molar-refractivity contribution in [1.29, 1.82) is 0 Å². The van der Waals surface area contributed by atoms with Gasteiger partial charge in [0.15, 0.2) is 17.5 Å². The zero-order chi connectivity index (χ0) is 21.0. The molecule has 0 spiro atoms. The Labute approximate surface area is 160 Å². The summed E-state index contributed by atoms with van der Waals surface area (Å²) in [5.41, 5.74) is 1.23. The Bertz CT molecular complexity index is 929. The molecule has 0 aliphatic heterocycles. The summed E-state index contributed by atoms with van der Waals surface area (Å²) < 4.78 is 58.5. The number of aryl methyl sites for hydroxylation is 2. The molecule has 0 aliphatic carbocycles. The summed E-state index contributed by atoms with van der Waals surface area (Å²) in [5.74, 6) is -7.37. The lowest BCUT2D eigenvalue weighted by Gasteiger charge is -2.12. The lowest BCUT2D eigenvalue weighted by Crippen LogP contribution is -2.14. The normalized spacial score (nSPS) is 11.1. The van der Waals surface area contributed by atoms with Gasteiger partial charge in [0.05, 0.1) is 23.2 Å². The van der Waals surface area contributed by atoms with Crippen LogP contribution in [0.4, 0.5) is 23.2 Å². The van der Waals surface area contributed by atoms with Crippen molar-refractivity contribution in [2.45, 2.75) is 27.4 Å². The van der Waals surface area contributed by atoms with E-state index in [-0.39, 0.29) is 11.6 Å². The Hall–Kier alpha value is -2.90. The van der Waals surface area contributed by atoms with Crippen molar-refractivity contribution >= 4 is 18.0 Å². The highest BCUT2D eigenvalue weighted by atomic mass is 19.2. The molecule has 0 heterocycles. The number of aliphatic imine (C=N–C) groups is 1. The molecule has 2 rings (SSSR count). The molecule has 0 unspecified atom stereocenters. The Kier molecular flexibility index (Phi) is 6.77. The minimum absolute atomic E-state index is 0.184. The third-order valence-corrected chi connectivity index (χ3v) is 4.21. The van der Waals surface area contributed by atoms with Gasteiger partial charge in [-0.2, -0.15) is 0 Å². The van der Waals surface area contributed by atoms with Crippen molar-refractivity contribution in [1.82, 2.24) is 4.90 Å². The Morgan fingerprint density at radius 1 is 1.07 bits per heavy atom. The summed E-state index contributed by atoms with van der Waals surface area (Å²) in [7, 11) is 1.87. The van der Waals surface area contributed by atoms with Crippen LogP contribution in [0.1, 0.15) is 34.0 Å². The van der Waals surface area contributed by atoms with Gasteiger partial charge in [-0.1, -0.05) is 0 Å².